The predicted molar refractivity (Wildman–Crippen MR) is 95.3 cm³/mol. The van der Waals surface area contributed by atoms with Gasteiger partial charge in [0, 0.05) is 37.0 Å². The molecule has 2 unspecified atom stereocenters. The summed E-state index contributed by atoms with van der Waals surface area (Å²) >= 11 is 0. The zero-order valence-corrected chi connectivity index (χ0v) is 14.5. The highest BCUT2D eigenvalue weighted by Crippen LogP contribution is 2.24. The van der Waals surface area contributed by atoms with E-state index in [1.54, 1.807) is 18.3 Å². The van der Waals surface area contributed by atoms with Crippen molar-refractivity contribution >= 4 is 5.91 Å². The van der Waals surface area contributed by atoms with Gasteiger partial charge in [0.2, 0.25) is 5.88 Å². The Hall–Kier alpha value is -2.40. The van der Waals surface area contributed by atoms with Crippen molar-refractivity contribution in [1.82, 2.24) is 9.88 Å². The average Bonchev–Trinajstić information content (AvgIpc) is 2.67. The second-order valence-corrected chi connectivity index (χ2v) is 6.59. The predicted octanol–water partition coefficient (Wildman–Crippen LogP) is 2.89. The Morgan fingerprint density at radius 2 is 2.08 bits per heavy atom. The van der Waals surface area contributed by atoms with Gasteiger partial charge in [0.05, 0.1) is 0 Å². The molecule has 1 N–H and O–H groups in total. The number of aliphatic hydroxyl groups is 1. The van der Waals surface area contributed by atoms with E-state index in [-0.39, 0.29) is 24.5 Å². The summed E-state index contributed by atoms with van der Waals surface area (Å²) in [5.74, 6) is 0.575. The highest BCUT2D eigenvalue weighted by Gasteiger charge is 2.29. The third-order valence-electron chi connectivity index (χ3n) is 4.71. The number of hydrogen-bond donors (Lipinski definition) is 1. The van der Waals surface area contributed by atoms with E-state index >= 15 is 0 Å². The molecule has 0 saturated carbocycles. The van der Waals surface area contributed by atoms with Gasteiger partial charge in [-0.3, -0.25) is 4.79 Å². The van der Waals surface area contributed by atoms with Crippen molar-refractivity contribution in [1.29, 1.82) is 0 Å². The standard InChI is InChI=1S/C20H24N2O3/c1-15-7-8-17(13-23)12-22(15)20(24)18-9-10-21-19(11-18)25-14-16-5-3-2-4-6-16/h2-6,9-11,15,17,23H,7-8,12-14H2,1H3. The SMILES string of the molecule is CC1CCC(CO)CN1C(=O)c1ccnc(OCc2ccccc2)c1. The van der Waals surface area contributed by atoms with E-state index in [1.807, 2.05) is 35.2 Å². The number of ether oxygens (including phenoxy) is 1. The Bertz CT molecular complexity index is 705. The lowest BCUT2D eigenvalue weighted by Crippen LogP contribution is -2.46. The fourth-order valence-corrected chi connectivity index (χ4v) is 3.13. The molecule has 1 aliphatic heterocycles. The van der Waals surface area contributed by atoms with Crippen molar-refractivity contribution in [2.75, 3.05) is 13.2 Å². The zero-order chi connectivity index (χ0) is 17.6. The number of carbonyl (C=O) groups is 1. The van der Waals surface area contributed by atoms with Gasteiger partial charge in [0.25, 0.3) is 5.91 Å². The van der Waals surface area contributed by atoms with E-state index in [0.717, 1.165) is 18.4 Å². The molecule has 5 heteroatoms. The molecule has 0 radical (unpaired) electrons. The minimum Gasteiger partial charge on any atom is -0.473 e. The molecule has 1 aliphatic rings. The molecule has 25 heavy (non-hydrogen) atoms. The number of hydrogen-bond acceptors (Lipinski definition) is 4. The van der Waals surface area contributed by atoms with Crippen LogP contribution in [-0.2, 0) is 6.61 Å². The topological polar surface area (TPSA) is 62.7 Å². The van der Waals surface area contributed by atoms with Gasteiger partial charge >= 0.3 is 0 Å². The van der Waals surface area contributed by atoms with Crippen LogP contribution in [0.4, 0.5) is 0 Å². The molecular weight excluding hydrogens is 316 g/mol. The van der Waals surface area contributed by atoms with Crippen LogP contribution >= 0.6 is 0 Å². The highest BCUT2D eigenvalue weighted by molar-refractivity contribution is 5.94. The van der Waals surface area contributed by atoms with Crippen LogP contribution in [0.3, 0.4) is 0 Å². The monoisotopic (exact) mass is 340 g/mol. The number of nitrogens with zero attached hydrogens (tertiary/aromatic N) is 2. The molecule has 2 aromatic rings. The first-order chi connectivity index (χ1) is 12.2. The third kappa shape index (κ3) is 4.37. The molecule has 1 saturated heterocycles. The first-order valence-corrected chi connectivity index (χ1v) is 8.72. The van der Waals surface area contributed by atoms with Crippen molar-refractivity contribution < 1.29 is 14.6 Å². The second-order valence-electron chi connectivity index (χ2n) is 6.59. The number of rotatable bonds is 5. The number of pyridine rings is 1. The Morgan fingerprint density at radius 1 is 1.28 bits per heavy atom. The van der Waals surface area contributed by atoms with E-state index in [4.69, 9.17) is 4.74 Å². The largest absolute Gasteiger partial charge is 0.473 e. The number of piperidine rings is 1. The van der Waals surface area contributed by atoms with E-state index < -0.39 is 0 Å². The van der Waals surface area contributed by atoms with Crippen molar-refractivity contribution in [2.24, 2.45) is 5.92 Å². The lowest BCUT2D eigenvalue weighted by molar-refractivity contribution is 0.0488. The van der Waals surface area contributed by atoms with E-state index in [2.05, 4.69) is 11.9 Å². The summed E-state index contributed by atoms with van der Waals surface area (Å²) < 4.78 is 5.72. The van der Waals surface area contributed by atoms with Gasteiger partial charge in [-0.25, -0.2) is 4.98 Å². The Balaban J connectivity index is 1.68. The van der Waals surface area contributed by atoms with Gasteiger partial charge < -0.3 is 14.7 Å². The Morgan fingerprint density at radius 3 is 2.84 bits per heavy atom. The van der Waals surface area contributed by atoms with Gasteiger partial charge in [-0.15, -0.1) is 0 Å². The minimum atomic E-state index is -0.0300. The molecule has 5 nitrogen and oxygen atoms in total. The first kappa shape index (κ1) is 17.4. The van der Waals surface area contributed by atoms with Crippen molar-refractivity contribution in [3.05, 3.63) is 59.8 Å². The Labute approximate surface area is 148 Å². The maximum Gasteiger partial charge on any atom is 0.254 e. The summed E-state index contributed by atoms with van der Waals surface area (Å²) in [6, 6.07) is 13.4. The molecule has 1 fully saturated rings. The average molecular weight is 340 g/mol. The minimum absolute atomic E-state index is 0.0300. The first-order valence-electron chi connectivity index (χ1n) is 8.72. The number of aliphatic hydroxyl groups excluding tert-OH is 1. The lowest BCUT2D eigenvalue weighted by Gasteiger charge is -2.37. The van der Waals surface area contributed by atoms with Crippen molar-refractivity contribution in [3.63, 3.8) is 0 Å². The molecule has 132 valence electrons. The maximum atomic E-state index is 12.9. The number of carbonyl (C=O) groups excluding carboxylic acids is 1. The fourth-order valence-electron chi connectivity index (χ4n) is 3.13. The van der Waals surface area contributed by atoms with Crippen LogP contribution in [0.25, 0.3) is 0 Å². The van der Waals surface area contributed by atoms with Crippen LogP contribution in [-0.4, -0.2) is 40.1 Å². The smallest absolute Gasteiger partial charge is 0.254 e. The second kappa shape index (κ2) is 8.12. The summed E-state index contributed by atoms with van der Waals surface area (Å²) in [6.45, 7) is 3.19. The van der Waals surface area contributed by atoms with Crippen LogP contribution in [0.1, 0.15) is 35.7 Å². The van der Waals surface area contributed by atoms with Crippen LogP contribution in [0.2, 0.25) is 0 Å². The summed E-state index contributed by atoms with van der Waals surface area (Å²) in [7, 11) is 0. The fraction of sp³-hybridized carbons (Fsp3) is 0.400. The summed E-state index contributed by atoms with van der Waals surface area (Å²) in [5, 5.41) is 9.40. The van der Waals surface area contributed by atoms with Gasteiger partial charge in [-0.2, -0.15) is 0 Å². The van der Waals surface area contributed by atoms with Gasteiger partial charge in [-0.1, -0.05) is 30.3 Å². The third-order valence-corrected chi connectivity index (χ3v) is 4.71. The normalized spacial score (nSPS) is 20.3. The molecule has 0 spiro atoms. The summed E-state index contributed by atoms with van der Waals surface area (Å²) in [4.78, 5) is 18.9. The zero-order valence-electron chi connectivity index (χ0n) is 14.5. The van der Waals surface area contributed by atoms with Crippen molar-refractivity contribution in [3.8, 4) is 5.88 Å². The number of aromatic nitrogens is 1. The summed E-state index contributed by atoms with van der Waals surface area (Å²) in [5.41, 5.74) is 1.62. The van der Waals surface area contributed by atoms with Crippen molar-refractivity contribution in [2.45, 2.75) is 32.4 Å². The van der Waals surface area contributed by atoms with Gasteiger partial charge in [0.15, 0.2) is 0 Å². The molecule has 2 atom stereocenters. The van der Waals surface area contributed by atoms with E-state index in [9.17, 15) is 9.90 Å². The van der Waals surface area contributed by atoms with Crippen LogP contribution in [0, 0.1) is 5.92 Å². The lowest BCUT2D eigenvalue weighted by atomic mass is 9.93. The van der Waals surface area contributed by atoms with Crippen LogP contribution < -0.4 is 4.74 Å². The number of amides is 1. The molecule has 0 bridgehead atoms. The summed E-state index contributed by atoms with van der Waals surface area (Å²) in [6.07, 6.45) is 3.48. The molecular formula is C20H24N2O3. The van der Waals surface area contributed by atoms with Crippen LogP contribution in [0.15, 0.2) is 48.7 Å². The number of likely N-dealkylation sites (tertiary alicyclic amines) is 1. The molecule has 1 aromatic heterocycles. The molecule has 1 amide bonds. The highest BCUT2D eigenvalue weighted by atomic mass is 16.5. The van der Waals surface area contributed by atoms with Gasteiger partial charge in [0.1, 0.15) is 6.61 Å². The molecule has 3 rings (SSSR count). The van der Waals surface area contributed by atoms with Gasteiger partial charge in [-0.05, 0) is 37.3 Å². The molecule has 0 aliphatic carbocycles. The Kier molecular flexibility index (Phi) is 5.66. The number of benzene rings is 1. The molecule has 1 aromatic carbocycles. The maximum absolute atomic E-state index is 12.9. The van der Waals surface area contributed by atoms with Crippen LogP contribution in [0.5, 0.6) is 5.88 Å². The quantitative estimate of drug-likeness (QED) is 0.909. The molecule has 2 heterocycles. The van der Waals surface area contributed by atoms with E-state index in [0.29, 0.717) is 24.6 Å². The van der Waals surface area contributed by atoms with E-state index in [1.165, 1.54) is 0 Å².